The summed E-state index contributed by atoms with van der Waals surface area (Å²) in [5, 5.41) is 19.6. The van der Waals surface area contributed by atoms with Crippen molar-refractivity contribution < 1.29 is 34.2 Å². The predicted molar refractivity (Wildman–Crippen MR) is 140 cm³/mol. The van der Waals surface area contributed by atoms with Crippen molar-refractivity contribution in [2.24, 2.45) is 17.8 Å². The number of benzene rings is 2. The molecular formula is C31H25NO7. The Morgan fingerprint density at radius 1 is 0.974 bits per heavy atom. The number of phenols is 1. The van der Waals surface area contributed by atoms with Crippen LogP contribution < -0.4 is 4.90 Å². The van der Waals surface area contributed by atoms with Crippen LogP contribution in [-0.2, 0) is 19.2 Å². The molecule has 8 heteroatoms. The molecule has 4 aliphatic rings. The minimum absolute atomic E-state index is 0.0366. The van der Waals surface area contributed by atoms with Crippen LogP contribution in [0.2, 0.25) is 0 Å². The molecular weight excluding hydrogens is 498 g/mol. The molecule has 0 spiro atoms. The van der Waals surface area contributed by atoms with E-state index in [0.29, 0.717) is 22.3 Å². The normalized spacial score (nSPS) is 26.2. The number of fused-ring (bicyclic) bond motifs is 3. The summed E-state index contributed by atoms with van der Waals surface area (Å²) in [4.78, 5) is 66.7. The molecule has 1 saturated heterocycles. The Kier molecular flexibility index (Phi) is 5.53. The Morgan fingerprint density at radius 3 is 2.46 bits per heavy atom. The van der Waals surface area contributed by atoms with Crippen molar-refractivity contribution in [3.05, 3.63) is 93.6 Å². The second kappa shape index (κ2) is 8.73. The summed E-state index contributed by atoms with van der Waals surface area (Å²) in [5.74, 6) is -4.88. The molecule has 1 fully saturated rings. The van der Waals surface area contributed by atoms with E-state index in [2.05, 4.69) is 0 Å². The SMILES string of the molecule is CC1=CC(=O)C2=C(C1=O)[C@@H](c1ccc(O)c(C)c1)C1=CC[C@@H]3C(=O)N(c4cccc(C(=O)O)c4)C(=O)[C@@H]3[C@@H]1C2. The van der Waals surface area contributed by atoms with E-state index in [1.807, 2.05) is 6.08 Å². The summed E-state index contributed by atoms with van der Waals surface area (Å²) in [7, 11) is 0. The molecule has 0 saturated carbocycles. The molecule has 1 aliphatic heterocycles. The topological polar surface area (TPSA) is 129 Å². The lowest BCUT2D eigenvalue weighted by Crippen LogP contribution is -2.39. The maximum absolute atomic E-state index is 13.9. The fraction of sp³-hybridized carbons (Fsp3) is 0.258. The summed E-state index contributed by atoms with van der Waals surface area (Å²) in [6, 6.07) is 10.8. The van der Waals surface area contributed by atoms with Crippen LogP contribution in [0.25, 0.3) is 0 Å². The maximum Gasteiger partial charge on any atom is 0.335 e. The molecule has 2 aromatic rings. The van der Waals surface area contributed by atoms with Crippen molar-refractivity contribution in [2.75, 3.05) is 4.90 Å². The molecule has 3 aliphatic carbocycles. The Hall–Kier alpha value is -4.59. The van der Waals surface area contributed by atoms with Crippen LogP contribution in [-0.4, -0.2) is 39.6 Å². The van der Waals surface area contributed by atoms with Gasteiger partial charge in [-0.05, 0) is 74.1 Å². The molecule has 2 N–H and O–H groups in total. The van der Waals surface area contributed by atoms with Crippen molar-refractivity contribution in [1.82, 2.24) is 0 Å². The molecule has 6 rings (SSSR count). The largest absolute Gasteiger partial charge is 0.508 e. The van der Waals surface area contributed by atoms with Gasteiger partial charge in [-0.25, -0.2) is 4.79 Å². The fourth-order valence-corrected chi connectivity index (χ4v) is 6.63. The molecule has 0 bridgehead atoms. The number of hydrogen-bond acceptors (Lipinski definition) is 6. The molecule has 8 nitrogen and oxygen atoms in total. The third-order valence-electron chi connectivity index (χ3n) is 8.47. The quantitative estimate of drug-likeness (QED) is 0.353. The van der Waals surface area contributed by atoms with Gasteiger partial charge in [0.1, 0.15) is 5.75 Å². The second-order valence-corrected chi connectivity index (χ2v) is 10.6. The van der Waals surface area contributed by atoms with Gasteiger partial charge in [0.05, 0.1) is 23.1 Å². The van der Waals surface area contributed by atoms with Gasteiger partial charge in [0.15, 0.2) is 11.6 Å². The number of anilines is 1. The number of aromatic hydroxyl groups is 1. The third kappa shape index (κ3) is 3.62. The van der Waals surface area contributed by atoms with Crippen LogP contribution in [0.3, 0.4) is 0 Å². The molecule has 0 aromatic heterocycles. The highest BCUT2D eigenvalue weighted by Gasteiger charge is 2.56. The Morgan fingerprint density at radius 2 is 1.74 bits per heavy atom. The molecule has 1 heterocycles. The summed E-state index contributed by atoms with van der Waals surface area (Å²) in [5.41, 5.74) is 3.43. The average molecular weight is 524 g/mol. The number of Topliss-reactive ketones (excluding diaryl/α,β-unsaturated/α-hetero) is 1. The Labute approximate surface area is 223 Å². The van der Waals surface area contributed by atoms with Crippen LogP contribution in [0.4, 0.5) is 5.69 Å². The first-order valence-corrected chi connectivity index (χ1v) is 12.8. The van der Waals surface area contributed by atoms with Gasteiger partial charge in [-0.2, -0.15) is 0 Å². The lowest BCUT2D eigenvalue weighted by atomic mass is 9.59. The van der Waals surface area contributed by atoms with E-state index in [1.54, 1.807) is 32.0 Å². The summed E-state index contributed by atoms with van der Waals surface area (Å²) in [6.07, 6.45) is 3.70. The second-order valence-electron chi connectivity index (χ2n) is 10.6. The number of allylic oxidation sites excluding steroid dienone is 6. The zero-order valence-electron chi connectivity index (χ0n) is 21.3. The van der Waals surface area contributed by atoms with Crippen LogP contribution in [0.15, 0.2) is 76.9 Å². The molecule has 2 amide bonds. The smallest absolute Gasteiger partial charge is 0.335 e. The van der Waals surface area contributed by atoms with Gasteiger partial charge in [-0.1, -0.05) is 29.8 Å². The minimum atomic E-state index is -1.17. The third-order valence-corrected chi connectivity index (χ3v) is 8.47. The first-order chi connectivity index (χ1) is 18.6. The average Bonchev–Trinajstić information content (AvgIpc) is 3.17. The van der Waals surface area contributed by atoms with E-state index in [0.717, 1.165) is 16.0 Å². The van der Waals surface area contributed by atoms with Crippen molar-refractivity contribution in [3.63, 3.8) is 0 Å². The minimum Gasteiger partial charge on any atom is -0.508 e. The lowest BCUT2D eigenvalue weighted by Gasteiger charge is -2.42. The van der Waals surface area contributed by atoms with Crippen LogP contribution in [0.5, 0.6) is 5.75 Å². The molecule has 0 unspecified atom stereocenters. The highest BCUT2D eigenvalue weighted by atomic mass is 16.4. The lowest BCUT2D eigenvalue weighted by molar-refractivity contribution is -0.123. The van der Waals surface area contributed by atoms with Crippen LogP contribution in [0, 0.1) is 24.7 Å². The van der Waals surface area contributed by atoms with Crippen molar-refractivity contribution in [1.29, 1.82) is 0 Å². The highest BCUT2D eigenvalue weighted by Crippen LogP contribution is 2.55. The molecule has 4 atom stereocenters. The monoisotopic (exact) mass is 523 g/mol. The molecule has 39 heavy (non-hydrogen) atoms. The molecule has 196 valence electrons. The first kappa shape index (κ1) is 24.7. The van der Waals surface area contributed by atoms with Gasteiger partial charge >= 0.3 is 5.97 Å². The van der Waals surface area contributed by atoms with E-state index >= 15 is 0 Å². The number of carbonyl (C=O) groups is 5. The zero-order valence-corrected chi connectivity index (χ0v) is 21.3. The number of phenolic OH excluding ortho intramolecular Hbond substituents is 1. The van der Waals surface area contributed by atoms with E-state index < -0.39 is 41.5 Å². The number of carboxylic acid groups (broad SMARTS) is 1. The number of carbonyl (C=O) groups excluding carboxylic acids is 4. The van der Waals surface area contributed by atoms with Gasteiger partial charge in [0.25, 0.3) is 0 Å². The van der Waals surface area contributed by atoms with E-state index in [-0.39, 0.29) is 41.4 Å². The number of nitrogens with zero attached hydrogens (tertiary/aromatic N) is 1. The number of imide groups is 1. The first-order valence-electron chi connectivity index (χ1n) is 12.8. The summed E-state index contributed by atoms with van der Waals surface area (Å²) in [6.45, 7) is 3.36. The number of hydrogen-bond donors (Lipinski definition) is 2. The molecule has 0 radical (unpaired) electrons. The van der Waals surface area contributed by atoms with Crippen LogP contribution in [0.1, 0.15) is 47.2 Å². The number of carboxylic acids is 1. The van der Waals surface area contributed by atoms with Crippen molar-refractivity contribution in [3.8, 4) is 5.75 Å². The number of ketones is 2. The van der Waals surface area contributed by atoms with E-state index in [1.165, 1.54) is 30.3 Å². The van der Waals surface area contributed by atoms with Gasteiger partial charge in [0.2, 0.25) is 11.8 Å². The summed E-state index contributed by atoms with van der Waals surface area (Å²) < 4.78 is 0. The molecule has 2 aromatic carbocycles. The van der Waals surface area contributed by atoms with E-state index in [4.69, 9.17) is 0 Å². The number of aromatic carboxylic acids is 1. The number of aryl methyl sites for hydroxylation is 1. The Bertz CT molecular complexity index is 1620. The van der Waals surface area contributed by atoms with Gasteiger partial charge in [-0.15, -0.1) is 0 Å². The van der Waals surface area contributed by atoms with Gasteiger partial charge in [0, 0.05) is 22.6 Å². The Balaban J connectivity index is 1.48. The number of rotatable bonds is 3. The fourth-order valence-electron chi connectivity index (χ4n) is 6.63. The van der Waals surface area contributed by atoms with E-state index in [9.17, 15) is 34.2 Å². The van der Waals surface area contributed by atoms with Crippen LogP contribution >= 0.6 is 0 Å². The maximum atomic E-state index is 13.9. The number of amides is 2. The predicted octanol–water partition coefficient (Wildman–Crippen LogP) is 4.03. The highest BCUT2D eigenvalue weighted by molar-refractivity contribution is 6.25. The standard InChI is InChI=1S/C31H25NO7/c1-14-10-16(6-9-23(14)33)25-19-7-8-20-26(21(19)13-22-24(34)11-15(2)28(35)27(22)25)30(37)32(29(20)36)18-5-3-4-17(12-18)31(38)39/h3-7,9-12,20-21,25-26,33H,8,13H2,1-2H3,(H,38,39)/t20-,21+,25-,26-/m0/s1. The zero-order chi connectivity index (χ0) is 27.7. The van der Waals surface area contributed by atoms with Gasteiger partial charge in [-0.3, -0.25) is 24.1 Å². The van der Waals surface area contributed by atoms with Crippen molar-refractivity contribution in [2.45, 2.75) is 32.6 Å². The van der Waals surface area contributed by atoms with Gasteiger partial charge < -0.3 is 10.2 Å². The summed E-state index contributed by atoms with van der Waals surface area (Å²) >= 11 is 0. The van der Waals surface area contributed by atoms with Crippen molar-refractivity contribution >= 4 is 35.0 Å².